The van der Waals surface area contributed by atoms with Gasteiger partial charge in [-0.1, -0.05) is 6.07 Å². The number of carboxylic acids is 1. The lowest BCUT2D eigenvalue weighted by molar-refractivity contribution is -0.137. The fraction of sp³-hybridized carbons (Fsp3) is 0.364. The molecule has 82 valence electrons. The number of nitrogen functional groups attached to an aromatic ring is 1. The minimum Gasteiger partial charge on any atom is -0.494 e. The summed E-state index contributed by atoms with van der Waals surface area (Å²) >= 11 is 0. The second-order valence-electron chi connectivity index (χ2n) is 3.36. The van der Waals surface area contributed by atoms with Gasteiger partial charge in [-0.15, -0.1) is 0 Å². The van der Waals surface area contributed by atoms with Crippen LogP contribution in [0.15, 0.2) is 18.2 Å². The molecular formula is C11H15NO3. The number of benzene rings is 1. The Morgan fingerprint density at radius 2 is 2.27 bits per heavy atom. The van der Waals surface area contributed by atoms with Crippen molar-refractivity contribution in [1.29, 1.82) is 0 Å². The SMILES string of the molecule is Cc1ccc(OCCCC(=O)O)cc1N. The van der Waals surface area contributed by atoms with E-state index in [0.29, 0.717) is 24.5 Å². The van der Waals surface area contributed by atoms with E-state index in [2.05, 4.69) is 0 Å². The molecule has 0 unspecified atom stereocenters. The molecule has 1 aromatic rings. The Balaban J connectivity index is 2.38. The molecule has 0 bridgehead atoms. The van der Waals surface area contributed by atoms with Gasteiger partial charge in [-0.25, -0.2) is 0 Å². The van der Waals surface area contributed by atoms with Gasteiger partial charge in [-0.2, -0.15) is 0 Å². The average Bonchev–Trinajstić information content (AvgIpc) is 2.18. The second-order valence-corrected chi connectivity index (χ2v) is 3.36. The fourth-order valence-electron chi connectivity index (χ4n) is 1.12. The van der Waals surface area contributed by atoms with Crippen molar-refractivity contribution in [3.8, 4) is 5.75 Å². The van der Waals surface area contributed by atoms with Gasteiger partial charge >= 0.3 is 5.97 Å². The van der Waals surface area contributed by atoms with Crippen LogP contribution in [0.3, 0.4) is 0 Å². The Morgan fingerprint density at radius 1 is 1.53 bits per heavy atom. The topological polar surface area (TPSA) is 72.5 Å². The third-order valence-electron chi connectivity index (χ3n) is 2.05. The summed E-state index contributed by atoms with van der Waals surface area (Å²) < 4.78 is 5.35. The number of carboxylic acid groups (broad SMARTS) is 1. The van der Waals surface area contributed by atoms with Gasteiger partial charge in [0.1, 0.15) is 5.75 Å². The van der Waals surface area contributed by atoms with Gasteiger partial charge in [0.25, 0.3) is 0 Å². The lowest BCUT2D eigenvalue weighted by Crippen LogP contribution is -2.02. The summed E-state index contributed by atoms with van der Waals surface area (Å²) in [5.41, 5.74) is 7.39. The van der Waals surface area contributed by atoms with E-state index in [1.54, 1.807) is 6.07 Å². The van der Waals surface area contributed by atoms with Crippen molar-refractivity contribution in [3.63, 3.8) is 0 Å². The van der Waals surface area contributed by atoms with Gasteiger partial charge in [0.15, 0.2) is 0 Å². The van der Waals surface area contributed by atoms with E-state index < -0.39 is 5.97 Å². The van der Waals surface area contributed by atoms with Crippen LogP contribution >= 0.6 is 0 Å². The second kappa shape index (κ2) is 5.24. The average molecular weight is 209 g/mol. The third kappa shape index (κ3) is 3.89. The molecule has 0 aliphatic carbocycles. The third-order valence-corrected chi connectivity index (χ3v) is 2.05. The minimum absolute atomic E-state index is 0.126. The van der Waals surface area contributed by atoms with Crippen molar-refractivity contribution in [1.82, 2.24) is 0 Å². The van der Waals surface area contributed by atoms with E-state index in [4.69, 9.17) is 15.6 Å². The standard InChI is InChI=1S/C11H15NO3/c1-8-4-5-9(7-10(8)12)15-6-2-3-11(13)14/h4-5,7H,2-3,6,12H2,1H3,(H,13,14). The molecule has 3 N–H and O–H groups in total. The van der Waals surface area contributed by atoms with E-state index in [-0.39, 0.29) is 6.42 Å². The first-order valence-corrected chi connectivity index (χ1v) is 4.80. The zero-order valence-corrected chi connectivity index (χ0v) is 8.69. The van der Waals surface area contributed by atoms with Crippen LogP contribution in [0.1, 0.15) is 18.4 Å². The summed E-state index contributed by atoms with van der Waals surface area (Å²) in [5.74, 6) is -0.120. The van der Waals surface area contributed by atoms with Crippen molar-refractivity contribution < 1.29 is 14.6 Å². The first-order valence-electron chi connectivity index (χ1n) is 4.80. The van der Waals surface area contributed by atoms with Crippen LogP contribution in [0.4, 0.5) is 5.69 Å². The fourth-order valence-corrected chi connectivity index (χ4v) is 1.12. The largest absolute Gasteiger partial charge is 0.494 e. The predicted molar refractivity (Wildman–Crippen MR) is 58.0 cm³/mol. The highest BCUT2D eigenvalue weighted by Crippen LogP contribution is 2.19. The quantitative estimate of drug-likeness (QED) is 0.573. The number of ether oxygens (including phenoxy) is 1. The zero-order valence-electron chi connectivity index (χ0n) is 8.69. The lowest BCUT2D eigenvalue weighted by Gasteiger charge is -2.07. The Hall–Kier alpha value is -1.71. The molecule has 0 aliphatic rings. The van der Waals surface area contributed by atoms with Gasteiger partial charge in [-0.05, 0) is 25.0 Å². The van der Waals surface area contributed by atoms with Crippen LogP contribution in [0, 0.1) is 6.92 Å². The summed E-state index contributed by atoms with van der Waals surface area (Å²) in [4.78, 5) is 10.2. The maximum Gasteiger partial charge on any atom is 0.303 e. The van der Waals surface area contributed by atoms with Crippen LogP contribution in [0.2, 0.25) is 0 Å². The summed E-state index contributed by atoms with van der Waals surface area (Å²) in [6.45, 7) is 2.32. The summed E-state index contributed by atoms with van der Waals surface area (Å²) in [6.07, 6.45) is 0.629. The van der Waals surface area contributed by atoms with Crippen molar-refractivity contribution in [2.45, 2.75) is 19.8 Å². The molecule has 4 nitrogen and oxygen atoms in total. The molecule has 1 aromatic carbocycles. The molecule has 0 spiro atoms. The van der Waals surface area contributed by atoms with Crippen LogP contribution < -0.4 is 10.5 Å². The van der Waals surface area contributed by atoms with E-state index in [0.717, 1.165) is 5.56 Å². The Bertz CT molecular complexity index is 350. The van der Waals surface area contributed by atoms with Crippen LogP contribution in [-0.4, -0.2) is 17.7 Å². The highest BCUT2D eigenvalue weighted by molar-refractivity contribution is 5.66. The normalized spacial score (nSPS) is 9.93. The van der Waals surface area contributed by atoms with Crippen molar-refractivity contribution in [3.05, 3.63) is 23.8 Å². The maximum atomic E-state index is 10.2. The molecule has 4 heteroatoms. The summed E-state index contributed by atoms with van der Waals surface area (Å²) in [6, 6.07) is 5.45. The molecule has 0 heterocycles. The molecule has 0 saturated carbocycles. The van der Waals surface area contributed by atoms with Crippen molar-refractivity contribution >= 4 is 11.7 Å². The number of aliphatic carboxylic acids is 1. The number of aryl methyl sites for hydroxylation is 1. The molecule has 1 rings (SSSR count). The maximum absolute atomic E-state index is 10.2. The number of hydrogen-bond acceptors (Lipinski definition) is 3. The highest BCUT2D eigenvalue weighted by Gasteiger charge is 1.99. The van der Waals surface area contributed by atoms with Gasteiger partial charge < -0.3 is 15.6 Å². The monoisotopic (exact) mass is 209 g/mol. The predicted octanol–water partition coefficient (Wildman–Crippen LogP) is 1.82. The minimum atomic E-state index is -0.804. The molecular weight excluding hydrogens is 194 g/mol. The summed E-state index contributed by atoms with van der Waals surface area (Å²) in [5, 5.41) is 8.42. The molecule has 0 radical (unpaired) electrons. The van der Waals surface area contributed by atoms with Crippen LogP contribution in [-0.2, 0) is 4.79 Å². The molecule has 0 amide bonds. The number of hydrogen-bond donors (Lipinski definition) is 2. The number of carbonyl (C=O) groups is 1. The Labute approximate surface area is 88.7 Å². The van der Waals surface area contributed by atoms with Crippen molar-refractivity contribution in [2.75, 3.05) is 12.3 Å². The summed E-state index contributed by atoms with van der Waals surface area (Å²) in [7, 11) is 0. The molecule has 0 aliphatic heterocycles. The van der Waals surface area contributed by atoms with E-state index >= 15 is 0 Å². The van der Waals surface area contributed by atoms with Gasteiger partial charge in [-0.3, -0.25) is 4.79 Å². The Kier molecular flexibility index (Phi) is 3.97. The van der Waals surface area contributed by atoms with E-state index in [1.807, 2.05) is 19.1 Å². The highest BCUT2D eigenvalue weighted by atomic mass is 16.5. The number of nitrogens with two attached hydrogens (primary N) is 1. The molecule has 15 heavy (non-hydrogen) atoms. The first-order chi connectivity index (χ1) is 7.09. The van der Waals surface area contributed by atoms with Gasteiger partial charge in [0.05, 0.1) is 6.61 Å². The van der Waals surface area contributed by atoms with Crippen molar-refractivity contribution in [2.24, 2.45) is 0 Å². The van der Waals surface area contributed by atoms with E-state index in [1.165, 1.54) is 0 Å². The molecule has 0 saturated heterocycles. The Morgan fingerprint density at radius 3 is 2.87 bits per heavy atom. The van der Waals surface area contributed by atoms with E-state index in [9.17, 15) is 4.79 Å². The molecule has 0 aromatic heterocycles. The zero-order chi connectivity index (χ0) is 11.3. The lowest BCUT2D eigenvalue weighted by atomic mass is 10.2. The van der Waals surface area contributed by atoms with Crippen LogP contribution in [0.5, 0.6) is 5.75 Å². The van der Waals surface area contributed by atoms with Gasteiger partial charge in [0.2, 0.25) is 0 Å². The van der Waals surface area contributed by atoms with Crippen LogP contribution in [0.25, 0.3) is 0 Å². The molecule has 0 fully saturated rings. The number of anilines is 1. The van der Waals surface area contributed by atoms with Gasteiger partial charge in [0, 0.05) is 18.2 Å². The smallest absolute Gasteiger partial charge is 0.303 e. The molecule has 0 atom stereocenters. The first kappa shape index (κ1) is 11.4. The number of rotatable bonds is 5.